The Morgan fingerprint density at radius 1 is 1.03 bits per heavy atom. The summed E-state index contributed by atoms with van der Waals surface area (Å²) in [6, 6.07) is 17.1. The SMILES string of the molecule is CN1CCN(c2ccc(C(O)C(O)CCNC(=O)OCc3ccccc3)cc2)CC1. The van der Waals surface area contributed by atoms with Crippen LogP contribution < -0.4 is 10.2 Å². The Morgan fingerprint density at radius 3 is 2.37 bits per heavy atom. The second kappa shape index (κ2) is 11.0. The molecule has 2 aromatic carbocycles. The topological polar surface area (TPSA) is 85.3 Å². The van der Waals surface area contributed by atoms with Crippen molar-refractivity contribution in [1.29, 1.82) is 0 Å². The zero-order chi connectivity index (χ0) is 21.3. The summed E-state index contributed by atoms with van der Waals surface area (Å²) in [6.45, 7) is 4.43. The van der Waals surface area contributed by atoms with Gasteiger partial charge in [0.1, 0.15) is 12.7 Å². The lowest BCUT2D eigenvalue weighted by Gasteiger charge is -2.34. The lowest BCUT2D eigenvalue weighted by molar-refractivity contribution is 0.0136. The number of aliphatic hydroxyl groups is 2. The second-order valence-electron chi connectivity index (χ2n) is 7.67. The highest BCUT2D eigenvalue weighted by Crippen LogP contribution is 2.23. The summed E-state index contributed by atoms with van der Waals surface area (Å²) in [5, 5.41) is 23.3. The quantitative estimate of drug-likeness (QED) is 0.615. The van der Waals surface area contributed by atoms with Crippen molar-refractivity contribution < 1.29 is 19.7 Å². The van der Waals surface area contributed by atoms with Gasteiger partial charge >= 0.3 is 6.09 Å². The molecule has 1 saturated heterocycles. The van der Waals surface area contributed by atoms with Crippen LogP contribution in [0.4, 0.5) is 10.5 Å². The van der Waals surface area contributed by atoms with Gasteiger partial charge in [-0.15, -0.1) is 0 Å². The molecular formula is C23H31N3O4. The minimum Gasteiger partial charge on any atom is -0.445 e. The van der Waals surface area contributed by atoms with Gasteiger partial charge in [0, 0.05) is 38.4 Å². The molecule has 1 fully saturated rings. The molecule has 1 heterocycles. The molecule has 0 aromatic heterocycles. The van der Waals surface area contributed by atoms with Crippen LogP contribution in [0.15, 0.2) is 54.6 Å². The van der Waals surface area contributed by atoms with E-state index in [1.165, 1.54) is 0 Å². The molecule has 7 heteroatoms. The molecule has 0 aliphatic carbocycles. The largest absolute Gasteiger partial charge is 0.445 e. The molecule has 0 saturated carbocycles. The number of carbonyl (C=O) groups excluding carboxylic acids is 1. The number of nitrogens with zero attached hydrogens (tertiary/aromatic N) is 2. The van der Waals surface area contributed by atoms with Crippen molar-refractivity contribution in [2.24, 2.45) is 0 Å². The molecule has 2 aromatic rings. The minimum absolute atomic E-state index is 0.192. The number of benzene rings is 2. The van der Waals surface area contributed by atoms with E-state index in [-0.39, 0.29) is 19.6 Å². The number of carbonyl (C=O) groups is 1. The zero-order valence-electron chi connectivity index (χ0n) is 17.4. The number of hydrogen-bond donors (Lipinski definition) is 3. The summed E-state index contributed by atoms with van der Waals surface area (Å²) in [5.41, 5.74) is 2.69. The van der Waals surface area contributed by atoms with E-state index in [9.17, 15) is 15.0 Å². The van der Waals surface area contributed by atoms with Crippen molar-refractivity contribution in [2.45, 2.75) is 25.2 Å². The Hall–Kier alpha value is -2.61. The highest BCUT2D eigenvalue weighted by molar-refractivity contribution is 5.67. The molecule has 0 spiro atoms. The molecule has 3 rings (SSSR count). The number of aliphatic hydroxyl groups excluding tert-OH is 2. The third kappa shape index (κ3) is 6.45. The molecule has 3 N–H and O–H groups in total. The van der Waals surface area contributed by atoms with Crippen molar-refractivity contribution in [1.82, 2.24) is 10.2 Å². The molecule has 162 valence electrons. The predicted molar refractivity (Wildman–Crippen MR) is 116 cm³/mol. The molecule has 2 unspecified atom stereocenters. The van der Waals surface area contributed by atoms with Crippen molar-refractivity contribution >= 4 is 11.8 Å². The minimum atomic E-state index is -1.01. The molecule has 0 radical (unpaired) electrons. The normalized spacial score (nSPS) is 16.7. The first-order chi connectivity index (χ1) is 14.5. The van der Waals surface area contributed by atoms with Gasteiger partial charge in [0.2, 0.25) is 0 Å². The summed E-state index contributed by atoms with van der Waals surface area (Å²) >= 11 is 0. The second-order valence-corrected chi connectivity index (χ2v) is 7.67. The first kappa shape index (κ1) is 22.1. The number of amides is 1. The lowest BCUT2D eigenvalue weighted by Crippen LogP contribution is -2.44. The number of rotatable bonds is 8. The summed E-state index contributed by atoms with van der Waals surface area (Å²) in [4.78, 5) is 16.4. The van der Waals surface area contributed by atoms with E-state index in [0.29, 0.717) is 5.56 Å². The van der Waals surface area contributed by atoms with Gasteiger partial charge in [0.05, 0.1) is 6.10 Å². The van der Waals surface area contributed by atoms with Gasteiger partial charge in [-0.1, -0.05) is 42.5 Å². The molecule has 1 aliphatic rings. The highest BCUT2D eigenvalue weighted by atomic mass is 16.5. The molecule has 2 atom stereocenters. The van der Waals surface area contributed by atoms with Gasteiger partial charge in [-0.2, -0.15) is 0 Å². The average Bonchev–Trinajstić information content (AvgIpc) is 2.78. The number of nitrogens with one attached hydrogen (secondary N) is 1. The van der Waals surface area contributed by atoms with Gasteiger partial charge in [0.25, 0.3) is 0 Å². The Morgan fingerprint density at radius 2 is 1.70 bits per heavy atom. The van der Waals surface area contributed by atoms with E-state index in [1.807, 2.05) is 54.6 Å². The third-order valence-corrected chi connectivity index (χ3v) is 5.39. The number of anilines is 1. The van der Waals surface area contributed by atoms with E-state index in [1.54, 1.807) is 0 Å². The van der Waals surface area contributed by atoms with Gasteiger partial charge in [-0.3, -0.25) is 0 Å². The molecule has 1 amide bonds. The standard InChI is InChI=1S/C23H31N3O4/c1-25-13-15-26(16-14-25)20-9-7-19(8-10-20)22(28)21(27)11-12-24-23(29)30-17-18-5-3-2-4-6-18/h2-10,21-22,27-28H,11-17H2,1H3,(H,24,29). The van der Waals surface area contributed by atoms with Crippen molar-refractivity contribution in [3.05, 3.63) is 65.7 Å². The van der Waals surface area contributed by atoms with Crippen LogP contribution >= 0.6 is 0 Å². The maximum absolute atomic E-state index is 11.8. The third-order valence-electron chi connectivity index (χ3n) is 5.39. The van der Waals surface area contributed by atoms with Crippen LogP contribution in [0.1, 0.15) is 23.7 Å². The first-order valence-electron chi connectivity index (χ1n) is 10.4. The predicted octanol–water partition coefficient (Wildman–Crippen LogP) is 2.15. The van der Waals surface area contributed by atoms with Crippen molar-refractivity contribution in [3.8, 4) is 0 Å². The fraction of sp³-hybridized carbons (Fsp3) is 0.435. The van der Waals surface area contributed by atoms with E-state index >= 15 is 0 Å². The summed E-state index contributed by atoms with van der Waals surface area (Å²) in [7, 11) is 2.12. The maximum Gasteiger partial charge on any atom is 0.407 e. The molecule has 7 nitrogen and oxygen atoms in total. The Kier molecular flexibility index (Phi) is 8.07. The zero-order valence-corrected chi connectivity index (χ0v) is 17.4. The Balaban J connectivity index is 1.39. The van der Waals surface area contributed by atoms with E-state index in [4.69, 9.17) is 4.74 Å². The fourth-order valence-corrected chi connectivity index (χ4v) is 3.42. The van der Waals surface area contributed by atoms with Crippen LogP contribution in [-0.2, 0) is 11.3 Å². The van der Waals surface area contributed by atoms with Crippen molar-refractivity contribution in [2.75, 3.05) is 44.7 Å². The van der Waals surface area contributed by atoms with Crippen LogP contribution in [0.5, 0.6) is 0 Å². The van der Waals surface area contributed by atoms with Gasteiger partial charge in [-0.05, 0) is 36.7 Å². The van der Waals surface area contributed by atoms with Gasteiger partial charge in [0.15, 0.2) is 0 Å². The van der Waals surface area contributed by atoms with Gasteiger partial charge < -0.3 is 30.1 Å². The Labute approximate surface area is 177 Å². The molecule has 0 bridgehead atoms. The van der Waals surface area contributed by atoms with Gasteiger partial charge in [-0.25, -0.2) is 4.79 Å². The van der Waals surface area contributed by atoms with E-state index in [0.717, 1.165) is 37.4 Å². The van der Waals surface area contributed by atoms with E-state index < -0.39 is 18.3 Å². The van der Waals surface area contributed by atoms with Crippen LogP contribution in [-0.4, -0.2) is 67.1 Å². The average molecular weight is 414 g/mol. The number of piperazine rings is 1. The molecule has 30 heavy (non-hydrogen) atoms. The summed E-state index contributed by atoms with van der Waals surface area (Å²) in [5.74, 6) is 0. The van der Waals surface area contributed by atoms with Crippen LogP contribution in [0.25, 0.3) is 0 Å². The van der Waals surface area contributed by atoms with Crippen LogP contribution in [0, 0.1) is 0 Å². The maximum atomic E-state index is 11.8. The fourth-order valence-electron chi connectivity index (χ4n) is 3.42. The number of likely N-dealkylation sites (N-methyl/N-ethyl adjacent to an activating group) is 1. The smallest absolute Gasteiger partial charge is 0.407 e. The number of hydrogen-bond acceptors (Lipinski definition) is 6. The van der Waals surface area contributed by atoms with Crippen LogP contribution in [0.3, 0.4) is 0 Å². The first-order valence-corrected chi connectivity index (χ1v) is 10.4. The van der Waals surface area contributed by atoms with Crippen LogP contribution in [0.2, 0.25) is 0 Å². The summed E-state index contributed by atoms with van der Waals surface area (Å²) < 4.78 is 5.13. The number of alkyl carbamates (subject to hydrolysis) is 1. The Bertz CT molecular complexity index is 777. The van der Waals surface area contributed by atoms with Crippen molar-refractivity contribution in [3.63, 3.8) is 0 Å². The number of ether oxygens (including phenoxy) is 1. The monoisotopic (exact) mass is 413 g/mol. The van der Waals surface area contributed by atoms with E-state index in [2.05, 4.69) is 22.2 Å². The molecular weight excluding hydrogens is 382 g/mol. The lowest BCUT2D eigenvalue weighted by atomic mass is 10.0. The highest BCUT2D eigenvalue weighted by Gasteiger charge is 2.20. The molecule has 1 aliphatic heterocycles. The summed E-state index contributed by atoms with van der Waals surface area (Å²) in [6.07, 6.45) is -2.30.